The topological polar surface area (TPSA) is 26.3 Å². The first-order valence-corrected chi connectivity index (χ1v) is 7.20. The van der Waals surface area contributed by atoms with Crippen molar-refractivity contribution in [2.24, 2.45) is 0 Å². The van der Waals surface area contributed by atoms with Crippen molar-refractivity contribution in [3.05, 3.63) is 46.8 Å². The third-order valence-electron chi connectivity index (χ3n) is 3.46. The third-order valence-corrected chi connectivity index (χ3v) is 4.35. The molecule has 0 amide bonds. The molecule has 0 bridgehead atoms. The Bertz CT molecular complexity index is 552. The summed E-state index contributed by atoms with van der Waals surface area (Å²) in [7, 11) is 0. The number of hydrogen-bond acceptors (Lipinski definition) is 3. The van der Waals surface area contributed by atoms with E-state index in [0.717, 1.165) is 23.5 Å². The van der Waals surface area contributed by atoms with E-state index in [-0.39, 0.29) is 5.41 Å². The van der Waals surface area contributed by atoms with E-state index in [1.54, 1.807) is 6.07 Å². The molecule has 3 heteroatoms. The molecular weight excluding hydrogens is 256 g/mol. The first-order chi connectivity index (χ1) is 9.05. The van der Waals surface area contributed by atoms with Gasteiger partial charge in [-0.05, 0) is 41.7 Å². The van der Waals surface area contributed by atoms with Gasteiger partial charge in [0.05, 0.1) is 4.88 Å². The lowest BCUT2D eigenvalue weighted by Crippen LogP contribution is -2.14. The molecule has 0 aliphatic rings. The van der Waals surface area contributed by atoms with Gasteiger partial charge < -0.3 is 4.74 Å². The van der Waals surface area contributed by atoms with Crippen molar-refractivity contribution in [1.29, 1.82) is 0 Å². The number of benzene rings is 1. The Morgan fingerprint density at radius 1 is 1.16 bits per heavy atom. The van der Waals surface area contributed by atoms with Gasteiger partial charge in [-0.1, -0.05) is 44.2 Å². The molecule has 2 aromatic rings. The highest BCUT2D eigenvalue weighted by Gasteiger charge is 2.17. The first-order valence-electron chi connectivity index (χ1n) is 6.38. The van der Waals surface area contributed by atoms with E-state index in [9.17, 15) is 4.79 Å². The summed E-state index contributed by atoms with van der Waals surface area (Å²) in [6.07, 6.45) is 1.94. The Morgan fingerprint density at radius 2 is 1.84 bits per heavy atom. The van der Waals surface area contributed by atoms with Crippen LogP contribution in [0.25, 0.3) is 0 Å². The lowest BCUT2D eigenvalue weighted by Gasteiger charge is -2.23. The van der Waals surface area contributed by atoms with Crippen LogP contribution >= 0.6 is 11.3 Å². The molecule has 1 aromatic carbocycles. The standard InChI is InChI=1S/C16H18O2S/c1-4-16(2,3)12-5-7-13(8-6-12)18-15-10-9-14(11-17)19-15/h5-11H,4H2,1-3H3. The second-order valence-corrected chi connectivity index (χ2v) is 6.22. The van der Waals surface area contributed by atoms with Gasteiger partial charge in [-0.15, -0.1) is 0 Å². The van der Waals surface area contributed by atoms with Crippen LogP contribution in [0.4, 0.5) is 0 Å². The molecule has 0 radical (unpaired) electrons. The van der Waals surface area contributed by atoms with Crippen LogP contribution in [0.1, 0.15) is 42.4 Å². The molecule has 0 N–H and O–H groups in total. The number of rotatable bonds is 5. The highest BCUT2D eigenvalue weighted by molar-refractivity contribution is 7.15. The summed E-state index contributed by atoms with van der Waals surface area (Å²) in [5.74, 6) is 0.801. The number of carbonyl (C=O) groups excluding carboxylic acids is 1. The minimum Gasteiger partial charge on any atom is -0.447 e. The fourth-order valence-corrected chi connectivity index (χ4v) is 2.44. The van der Waals surface area contributed by atoms with Crippen molar-refractivity contribution in [1.82, 2.24) is 0 Å². The fourth-order valence-electron chi connectivity index (χ4n) is 1.75. The highest BCUT2D eigenvalue weighted by atomic mass is 32.1. The smallest absolute Gasteiger partial charge is 0.181 e. The molecule has 100 valence electrons. The second-order valence-electron chi connectivity index (χ2n) is 5.14. The molecule has 0 aliphatic carbocycles. The largest absolute Gasteiger partial charge is 0.447 e. The van der Waals surface area contributed by atoms with Gasteiger partial charge in [-0.2, -0.15) is 0 Å². The molecule has 0 spiro atoms. The Kier molecular flexibility index (Phi) is 4.05. The third kappa shape index (κ3) is 3.24. The van der Waals surface area contributed by atoms with Crippen LogP contribution in [0.5, 0.6) is 10.8 Å². The summed E-state index contributed by atoms with van der Waals surface area (Å²) in [5, 5.41) is 0.740. The number of carbonyl (C=O) groups is 1. The van der Waals surface area contributed by atoms with Gasteiger partial charge >= 0.3 is 0 Å². The van der Waals surface area contributed by atoms with Crippen molar-refractivity contribution < 1.29 is 9.53 Å². The van der Waals surface area contributed by atoms with Crippen molar-refractivity contribution in [2.45, 2.75) is 32.6 Å². The SMILES string of the molecule is CCC(C)(C)c1ccc(Oc2ccc(C=O)s2)cc1. The van der Waals surface area contributed by atoms with Gasteiger partial charge in [0.1, 0.15) is 5.75 Å². The van der Waals surface area contributed by atoms with Crippen LogP contribution in [0.2, 0.25) is 0 Å². The van der Waals surface area contributed by atoms with Crippen molar-refractivity contribution in [2.75, 3.05) is 0 Å². The Morgan fingerprint density at radius 3 is 2.37 bits per heavy atom. The van der Waals surface area contributed by atoms with Gasteiger partial charge in [0, 0.05) is 0 Å². The monoisotopic (exact) mass is 274 g/mol. The van der Waals surface area contributed by atoms with Crippen molar-refractivity contribution in [3.63, 3.8) is 0 Å². The Balaban J connectivity index is 2.12. The average Bonchev–Trinajstić information content (AvgIpc) is 2.87. The summed E-state index contributed by atoms with van der Waals surface area (Å²) in [6.45, 7) is 6.66. The van der Waals surface area contributed by atoms with E-state index in [2.05, 4.69) is 32.9 Å². The van der Waals surface area contributed by atoms with E-state index >= 15 is 0 Å². The highest BCUT2D eigenvalue weighted by Crippen LogP contribution is 2.31. The van der Waals surface area contributed by atoms with E-state index < -0.39 is 0 Å². The van der Waals surface area contributed by atoms with Gasteiger partial charge in [-0.25, -0.2) is 0 Å². The van der Waals surface area contributed by atoms with Gasteiger partial charge in [0.25, 0.3) is 0 Å². The molecule has 0 aliphatic heterocycles. The number of aldehydes is 1. The van der Waals surface area contributed by atoms with Gasteiger partial charge in [-0.3, -0.25) is 4.79 Å². The zero-order chi connectivity index (χ0) is 13.9. The van der Waals surface area contributed by atoms with Crippen LogP contribution < -0.4 is 4.74 Å². The lowest BCUT2D eigenvalue weighted by atomic mass is 9.82. The Labute approximate surface area is 118 Å². The molecule has 19 heavy (non-hydrogen) atoms. The molecule has 0 atom stereocenters. The number of thiophene rings is 1. The predicted octanol–water partition coefficient (Wildman–Crippen LogP) is 5.04. The molecule has 1 heterocycles. The molecule has 0 saturated carbocycles. The maximum atomic E-state index is 10.6. The van der Waals surface area contributed by atoms with Crippen LogP contribution in [0.3, 0.4) is 0 Å². The molecule has 0 saturated heterocycles. The van der Waals surface area contributed by atoms with Crippen LogP contribution in [-0.2, 0) is 5.41 Å². The zero-order valence-corrected chi connectivity index (χ0v) is 12.3. The predicted molar refractivity (Wildman–Crippen MR) is 79.5 cm³/mol. The maximum Gasteiger partial charge on any atom is 0.181 e. The van der Waals surface area contributed by atoms with Crippen molar-refractivity contribution in [3.8, 4) is 10.8 Å². The van der Waals surface area contributed by atoms with Gasteiger partial charge in [0.15, 0.2) is 11.3 Å². The fraction of sp³-hybridized carbons (Fsp3) is 0.312. The molecule has 1 aromatic heterocycles. The summed E-state index contributed by atoms with van der Waals surface area (Å²) >= 11 is 1.35. The minimum absolute atomic E-state index is 0.187. The summed E-state index contributed by atoms with van der Waals surface area (Å²) in [6, 6.07) is 11.8. The molecule has 2 rings (SSSR count). The van der Waals surface area contributed by atoms with Crippen LogP contribution in [-0.4, -0.2) is 6.29 Å². The lowest BCUT2D eigenvalue weighted by molar-refractivity contribution is 0.112. The first kappa shape index (κ1) is 13.8. The number of ether oxygens (including phenoxy) is 1. The molecule has 0 unspecified atom stereocenters. The second kappa shape index (κ2) is 5.57. The maximum absolute atomic E-state index is 10.6. The molecule has 2 nitrogen and oxygen atoms in total. The average molecular weight is 274 g/mol. The normalized spacial score (nSPS) is 11.3. The molecular formula is C16H18O2S. The summed E-state index contributed by atoms with van der Waals surface area (Å²) in [5.41, 5.74) is 1.49. The van der Waals surface area contributed by atoms with E-state index in [1.165, 1.54) is 16.9 Å². The quantitative estimate of drug-likeness (QED) is 0.714. The van der Waals surface area contributed by atoms with E-state index in [4.69, 9.17) is 4.74 Å². The van der Waals surface area contributed by atoms with Crippen LogP contribution in [0.15, 0.2) is 36.4 Å². The van der Waals surface area contributed by atoms with Gasteiger partial charge in [0.2, 0.25) is 0 Å². The molecule has 0 fully saturated rings. The number of hydrogen-bond donors (Lipinski definition) is 0. The van der Waals surface area contributed by atoms with E-state index in [1.807, 2.05) is 18.2 Å². The minimum atomic E-state index is 0.187. The Hall–Kier alpha value is -1.61. The summed E-state index contributed by atoms with van der Waals surface area (Å²) < 4.78 is 5.72. The summed E-state index contributed by atoms with van der Waals surface area (Å²) in [4.78, 5) is 11.3. The zero-order valence-electron chi connectivity index (χ0n) is 11.5. The van der Waals surface area contributed by atoms with E-state index in [0.29, 0.717) is 4.88 Å². The van der Waals surface area contributed by atoms with Crippen LogP contribution in [0, 0.1) is 0 Å². The van der Waals surface area contributed by atoms with Crippen molar-refractivity contribution >= 4 is 17.6 Å².